The van der Waals surface area contributed by atoms with Crippen LogP contribution in [0.2, 0.25) is 0 Å². The van der Waals surface area contributed by atoms with Crippen molar-refractivity contribution in [1.82, 2.24) is 5.32 Å². The summed E-state index contributed by atoms with van der Waals surface area (Å²) in [5.74, 6) is -2.08. The average Bonchev–Trinajstić information content (AvgIpc) is 2.93. The lowest BCUT2D eigenvalue weighted by Gasteiger charge is -2.33. The molecule has 0 aliphatic carbocycles. The van der Waals surface area contributed by atoms with Crippen LogP contribution in [0.25, 0.3) is 0 Å². The number of amides is 2. The molecule has 5 heteroatoms. The summed E-state index contributed by atoms with van der Waals surface area (Å²) in [6.07, 6.45) is 1.79. The summed E-state index contributed by atoms with van der Waals surface area (Å²) >= 11 is 0. The summed E-state index contributed by atoms with van der Waals surface area (Å²) in [5, 5.41) is 2.31. The van der Waals surface area contributed by atoms with Crippen molar-refractivity contribution < 1.29 is 18.7 Å². The molecule has 4 nitrogen and oxygen atoms in total. The zero-order valence-electron chi connectivity index (χ0n) is 11.0. The van der Waals surface area contributed by atoms with Crippen molar-refractivity contribution in [3.63, 3.8) is 0 Å². The molecule has 2 saturated heterocycles. The first-order valence-corrected chi connectivity index (χ1v) is 6.86. The van der Waals surface area contributed by atoms with Gasteiger partial charge in [-0.25, -0.2) is 4.39 Å². The number of piperidine rings is 1. The normalized spacial score (nSPS) is 30.4. The van der Waals surface area contributed by atoms with Gasteiger partial charge in [-0.1, -0.05) is 18.2 Å². The quantitative estimate of drug-likeness (QED) is 0.838. The van der Waals surface area contributed by atoms with Gasteiger partial charge in [0.25, 0.3) is 0 Å². The van der Waals surface area contributed by atoms with Crippen molar-refractivity contribution in [2.45, 2.75) is 31.3 Å². The van der Waals surface area contributed by atoms with Crippen molar-refractivity contribution in [3.05, 3.63) is 35.6 Å². The van der Waals surface area contributed by atoms with Gasteiger partial charge in [0.2, 0.25) is 11.8 Å². The second kappa shape index (κ2) is 5.32. The van der Waals surface area contributed by atoms with E-state index in [0.717, 1.165) is 12.8 Å². The summed E-state index contributed by atoms with van der Waals surface area (Å²) in [5.41, 5.74) is 0.345. The molecule has 0 radical (unpaired) electrons. The van der Waals surface area contributed by atoms with Crippen LogP contribution in [0, 0.1) is 11.7 Å². The van der Waals surface area contributed by atoms with E-state index in [0.29, 0.717) is 12.2 Å². The molecule has 0 bridgehead atoms. The van der Waals surface area contributed by atoms with Crippen LogP contribution in [0.1, 0.15) is 30.7 Å². The van der Waals surface area contributed by atoms with Crippen LogP contribution in [0.15, 0.2) is 24.3 Å². The molecule has 1 N–H and O–H groups in total. The van der Waals surface area contributed by atoms with Gasteiger partial charge < -0.3 is 4.74 Å². The Bertz CT molecular complexity index is 540. The molecule has 106 valence electrons. The van der Waals surface area contributed by atoms with E-state index in [9.17, 15) is 14.0 Å². The SMILES string of the molecule is O=C1CC(C2CCCO2)C(c2ccccc2F)C(=O)N1. The first-order chi connectivity index (χ1) is 9.66. The number of ether oxygens (including phenoxy) is 1. The molecule has 0 saturated carbocycles. The maximum absolute atomic E-state index is 14.0. The van der Waals surface area contributed by atoms with E-state index in [4.69, 9.17) is 4.74 Å². The summed E-state index contributed by atoms with van der Waals surface area (Å²) in [6, 6.07) is 6.24. The predicted octanol–water partition coefficient (Wildman–Crippen LogP) is 1.75. The van der Waals surface area contributed by atoms with Crippen LogP contribution in [0.4, 0.5) is 4.39 Å². The number of nitrogens with one attached hydrogen (secondary N) is 1. The molecule has 1 aromatic carbocycles. The van der Waals surface area contributed by atoms with Gasteiger partial charge >= 0.3 is 0 Å². The Morgan fingerprint density at radius 1 is 1.25 bits per heavy atom. The monoisotopic (exact) mass is 277 g/mol. The van der Waals surface area contributed by atoms with Gasteiger partial charge in [0.1, 0.15) is 5.82 Å². The molecular weight excluding hydrogens is 261 g/mol. The highest BCUT2D eigenvalue weighted by Crippen LogP contribution is 2.38. The van der Waals surface area contributed by atoms with Crippen molar-refractivity contribution in [3.8, 4) is 0 Å². The molecule has 1 aromatic rings. The third-order valence-corrected chi connectivity index (χ3v) is 4.08. The van der Waals surface area contributed by atoms with Gasteiger partial charge in [-0.15, -0.1) is 0 Å². The van der Waals surface area contributed by atoms with E-state index in [1.54, 1.807) is 18.2 Å². The Morgan fingerprint density at radius 2 is 2.05 bits per heavy atom. The molecule has 2 fully saturated rings. The maximum atomic E-state index is 14.0. The number of halogens is 1. The van der Waals surface area contributed by atoms with Crippen LogP contribution < -0.4 is 5.32 Å². The van der Waals surface area contributed by atoms with Gasteiger partial charge in [0.05, 0.1) is 12.0 Å². The van der Waals surface area contributed by atoms with Gasteiger partial charge in [0.15, 0.2) is 0 Å². The third-order valence-electron chi connectivity index (χ3n) is 4.08. The summed E-state index contributed by atoms with van der Waals surface area (Å²) in [4.78, 5) is 23.8. The van der Waals surface area contributed by atoms with Gasteiger partial charge in [-0.05, 0) is 18.9 Å². The number of benzene rings is 1. The fourth-order valence-electron chi connectivity index (χ4n) is 3.18. The number of rotatable bonds is 2. The van der Waals surface area contributed by atoms with E-state index in [2.05, 4.69) is 5.32 Å². The largest absolute Gasteiger partial charge is 0.378 e. The van der Waals surface area contributed by atoms with Crippen LogP contribution >= 0.6 is 0 Å². The van der Waals surface area contributed by atoms with E-state index in [1.165, 1.54) is 6.07 Å². The zero-order valence-corrected chi connectivity index (χ0v) is 11.0. The van der Waals surface area contributed by atoms with Crippen molar-refractivity contribution >= 4 is 11.8 Å². The highest BCUT2D eigenvalue weighted by atomic mass is 19.1. The average molecular weight is 277 g/mol. The zero-order chi connectivity index (χ0) is 14.1. The summed E-state index contributed by atoms with van der Waals surface area (Å²) in [7, 11) is 0. The molecule has 2 aliphatic rings. The standard InChI is InChI=1S/C15H16FNO3/c16-11-5-2-1-4-9(11)14-10(12-6-3-7-20-12)8-13(18)17-15(14)19/h1-2,4-5,10,12,14H,3,6-8H2,(H,17,18,19). The fourth-order valence-corrected chi connectivity index (χ4v) is 3.18. The first kappa shape index (κ1) is 13.2. The highest BCUT2D eigenvalue weighted by Gasteiger charge is 2.43. The molecule has 3 unspecified atom stereocenters. The third kappa shape index (κ3) is 2.33. The minimum atomic E-state index is -0.656. The number of carbonyl (C=O) groups is 2. The van der Waals surface area contributed by atoms with Crippen molar-refractivity contribution in [2.75, 3.05) is 6.61 Å². The number of hydrogen-bond acceptors (Lipinski definition) is 3. The minimum absolute atomic E-state index is 0.144. The molecule has 2 heterocycles. The van der Waals surface area contributed by atoms with Crippen LogP contribution in [-0.4, -0.2) is 24.5 Å². The molecule has 0 spiro atoms. The van der Waals surface area contributed by atoms with E-state index in [-0.39, 0.29) is 24.3 Å². The summed E-state index contributed by atoms with van der Waals surface area (Å²) < 4.78 is 19.6. The molecule has 20 heavy (non-hydrogen) atoms. The lowest BCUT2D eigenvalue weighted by molar-refractivity contribution is -0.139. The predicted molar refractivity (Wildman–Crippen MR) is 69.4 cm³/mol. The van der Waals surface area contributed by atoms with Crippen molar-refractivity contribution in [2.24, 2.45) is 5.92 Å². The first-order valence-electron chi connectivity index (χ1n) is 6.86. The fraction of sp³-hybridized carbons (Fsp3) is 0.467. The number of hydrogen-bond donors (Lipinski definition) is 1. The minimum Gasteiger partial charge on any atom is -0.378 e. The number of imide groups is 1. The summed E-state index contributed by atoms with van der Waals surface area (Å²) in [6.45, 7) is 0.640. The lowest BCUT2D eigenvalue weighted by atomic mass is 9.76. The Kier molecular flexibility index (Phi) is 3.53. The Balaban J connectivity index is 1.97. The van der Waals surface area contributed by atoms with Crippen LogP contribution in [-0.2, 0) is 14.3 Å². The van der Waals surface area contributed by atoms with Gasteiger partial charge in [0, 0.05) is 24.5 Å². The van der Waals surface area contributed by atoms with Crippen LogP contribution in [0.3, 0.4) is 0 Å². The Morgan fingerprint density at radius 3 is 2.75 bits per heavy atom. The van der Waals surface area contributed by atoms with E-state index in [1.807, 2.05) is 0 Å². The molecule has 3 rings (SSSR count). The Labute approximate surface area is 116 Å². The Hall–Kier alpha value is -1.75. The molecule has 2 amide bonds. The topological polar surface area (TPSA) is 55.4 Å². The van der Waals surface area contributed by atoms with Crippen LogP contribution in [0.5, 0.6) is 0 Å². The molecule has 3 atom stereocenters. The second-order valence-corrected chi connectivity index (χ2v) is 5.33. The van der Waals surface area contributed by atoms with E-state index < -0.39 is 17.6 Å². The van der Waals surface area contributed by atoms with E-state index >= 15 is 0 Å². The lowest BCUT2D eigenvalue weighted by Crippen LogP contribution is -2.48. The molecular formula is C15H16FNO3. The highest BCUT2D eigenvalue weighted by molar-refractivity contribution is 6.01. The maximum Gasteiger partial charge on any atom is 0.234 e. The smallest absolute Gasteiger partial charge is 0.234 e. The molecule has 2 aliphatic heterocycles. The number of carbonyl (C=O) groups excluding carboxylic acids is 2. The van der Waals surface area contributed by atoms with Gasteiger partial charge in [-0.3, -0.25) is 14.9 Å². The second-order valence-electron chi connectivity index (χ2n) is 5.33. The van der Waals surface area contributed by atoms with Gasteiger partial charge in [-0.2, -0.15) is 0 Å². The molecule has 0 aromatic heterocycles. The van der Waals surface area contributed by atoms with Crippen molar-refractivity contribution in [1.29, 1.82) is 0 Å².